The van der Waals surface area contributed by atoms with Gasteiger partial charge in [0.15, 0.2) is 5.11 Å². The third-order valence-electron chi connectivity index (χ3n) is 4.23. The van der Waals surface area contributed by atoms with Crippen molar-refractivity contribution >= 4 is 45.3 Å². The maximum absolute atomic E-state index is 12.3. The van der Waals surface area contributed by atoms with E-state index in [0.717, 1.165) is 24.8 Å². The van der Waals surface area contributed by atoms with Gasteiger partial charge in [0.05, 0.1) is 12.7 Å². The SMILES string of the molecule is COC(=O)c1c(NC(=S)Nc2cccc(O)c2)sc2c1CC[C@@H](C)C2. The predicted molar refractivity (Wildman–Crippen MR) is 105 cm³/mol. The molecular weight excluding hydrogens is 356 g/mol. The Kier molecular flexibility index (Phi) is 5.24. The van der Waals surface area contributed by atoms with Crippen molar-refractivity contribution < 1.29 is 14.6 Å². The van der Waals surface area contributed by atoms with E-state index in [9.17, 15) is 9.90 Å². The van der Waals surface area contributed by atoms with Gasteiger partial charge in [-0.1, -0.05) is 13.0 Å². The molecule has 25 heavy (non-hydrogen) atoms. The van der Waals surface area contributed by atoms with Crippen LogP contribution in [-0.2, 0) is 17.6 Å². The zero-order valence-electron chi connectivity index (χ0n) is 14.1. The van der Waals surface area contributed by atoms with Gasteiger partial charge < -0.3 is 20.5 Å². The Bertz CT molecular complexity index is 817. The summed E-state index contributed by atoms with van der Waals surface area (Å²) in [5.74, 6) is 0.431. The molecule has 0 saturated carbocycles. The number of methoxy groups -OCH3 is 1. The number of ether oxygens (including phenoxy) is 1. The van der Waals surface area contributed by atoms with Gasteiger partial charge in [0.2, 0.25) is 0 Å². The number of fused-ring (bicyclic) bond motifs is 1. The van der Waals surface area contributed by atoms with Gasteiger partial charge in [-0.2, -0.15) is 0 Å². The van der Waals surface area contributed by atoms with Crippen molar-refractivity contribution in [2.75, 3.05) is 17.7 Å². The van der Waals surface area contributed by atoms with Gasteiger partial charge in [-0.25, -0.2) is 4.79 Å². The Balaban J connectivity index is 1.84. The summed E-state index contributed by atoms with van der Waals surface area (Å²) in [5.41, 5.74) is 2.35. The molecule has 0 spiro atoms. The van der Waals surface area contributed by atoms with Crippen LogP contribution in [0.15, 0.2) is 24.3 Å². The lowest BCUT2D eigenvalue weighted by molar-refractivity contribution is 0.0601. The second kappa shape index (κ2) is 7.41. The minimum Gasteiger partial charge on any atom is -0.508 e. The number of carbonyl (C=O) groups is 1. The molecule has 0 radical (unpaired) electrons. The van der Waals surface area contributed by atoms with Gasteiger partial charge in [0.25, 0.3) is 0 Å². The first kappa shape index (κ1) is 17.7. The van der Waals surface area contributed by atoms with E-state index in [0.29, 0.717) is 27.3 Å². The smallest absolute Gasteiger partial charge is 0.341 e. The summed E-state index contributed by atoms with van der Waals surface area (Å²) in [6.07, 6.45) is 2.92. The summed E-state index contributed by atoms with van der Waals surface area (Å²) in [6.45, 7) is 2.22. The summed E-state index contributed by atoms with van der Waals surface area (Å²) >= 11 is 6.92. The molecule has 1 aliphatic carbocycles. The first-order valence-electron chi connectivity index (χ1n) is 8.07. The molecule has 0 aliphatic heterocycles. The topological polar surface area (TPSA) is 70.6 Å². The lowest BCUT2D eigenvalue weighted by Gasteiger charge is -2.18. The molecular formula is C18H20N2O3S2. The second-order valence-corrected chi connectivity index (χ2v) is 7.69. The molecule has 5 nitrogen and oxygen atoms in total. The molecule has 1 atom stereocenters. The molecule has 0 bridgehead atoms. The lowest BCUT2D eigenvalue weighted by Crippen LogP contribution is -2.20. The van der Waals surface area contributed by atoms with Gasteiger partial charge in [-0.05, 0) is 55.1 Å². The van der Waals surface area contributed by atoms with Crippen molar-refractivity contribution in [3.8, 4) is 5.75 Å². The fourth-order valence-corrected chi connectivity index (χ4v) is 4.69. The number of phenolic OH excluding ortho intramolecular Hbond substituents is 1. The van der Waals surface area contributed by atoms with E-state index in [4.69, 9.17) is 17.0 Å². The Morgan fingerprint density at radius 3 is 2.92 bits per heavy atom. The van der Waals surface area contributed by atoms with E-state index in [2.05, 4.69) is 17.6 Å². The maximum Gasteiger partial charge on any atom is 0.341 e. The van der Waals surface area contributed by atoms with Crippen LogP contribution in [-0.4, -0.2) is 23.3 Å². The number of thiophene rings is 1. The number of aromatic hydroxyl groups is 1. The fourth-order valence-electron chi connectivity index (χ4n) is 3.01. The maximum atomic E-state index is 12.3. The number of carbonyl (C=O) groups excluding carboxylic acids is 1. The predicted octanol–water partition coefficient (Wildman–Crippen LogP) is 4.17. The van der Waals surface area contributed by atoms with E-state index in [1.807, 2.05) is 0 Å². The largest absolute Gasteiger partial charge is 0.508 e. The average Bonchev–Trinajstić information content (AvgIpc) is 2.90. The zero-order chi connectivity index (χ0) is 18.0. The monoisotopic (exact) mass is 376 g/mol. The molecule has 3 rings (SSSR count). The van der Waals surface area contributed by atoms with Gasteiger partial charge in [0, 0.05) is 16.6 Å². The van der Waals surface area contributed by atoms with Crippen LogP contribution < -0.4 is 10.6 Å². The Hall–Kier alpha value is -2.12. The van der Waals surface area contributed by atoms with Crippen LogP contribution in [0, 0.1) is 5.92 Å². The van der Waals surface area contributed by atoms with Crippen LogP contribution in [0.4, 0.5) is 10.7 Å². The molecule has 0 saturated heterocycles. The summed E-state index contributed by atoms with van der Waals surface area (Å²) < 4.78 is 4.97. The molecule has 1 heterocycles. The number of anilines is 2. The van der Waals surface area contributed by atoms with E-state index >= 15 is 0 Å². The van der Waals surface area contributed by atoms with Crippen molar-refractivity contribution in [2.24, 2.45) is 5.92 Å². The van der Waals surface area contributed by atoms with Crippen molar-refractivity contribution in [3.63, 3.8) is 0 Å². The van der Waals surface area contributed by atoms with Crippen LogP contribution in [0.1, 0.15) is 34.1 Å². The highest BCUT2D eigenvalue weighted by molar-refractivity contribution is 7.80. The zero-order valence-corrected chi connectivity index (χ0v) is 15.7. The van der Waals surface area contributed by atoms with Crippen molar-refractivity contribution in [2.45, 2.75) is 26.2 Å². The Morgan fingerprint density at radius 1 is 1.40 bits per heavy atom. The Labute approximate surface area is 156 Å². The minimum atomic E-state index is -0.338. The van der Waals surface area contributed by atoms with Crippen LogP contribution in [0.2, 0.25) is 0 Å². The van der Waals surface area contributed by atoms with E-state index < -0.39 is 0 Å². The van der Waals surface area contributed by atoms with E-state index in [1.165, 1.54) is 12.0 Å². The van der Waals surface area contributed by atoms with Crippen LogP contribution >= 0.6 is 23.6 Å². The van der Waals surface area contributed by atoms with Crippen LogP contribution in [0.5, 0.6) is 5.75 Å². The van der Waals surface area contributed by atoms with Gasteiger partial charge in [-0.15, -0.1) is 11.3 Å². The molecule has 2 aromatic rings. The van der Waals surface area contributed by atoms with E-state index in [1.54, 1.807) is 35.6 Å². The summed E-state index contributed by atoms with van der Waals surface area (Å²) in [5, 5.41) is 16.8. The molecule has 1 aromatic carbocycles. The Morgan fingerprint density at radius 2 is 2.20 bits per heavy atom. The third-order valence-corrected chi connectivity index (χ3v) is 5.61. The lowest BCUT2D eigenvalue weighted by atomic mass is 9.88. The summed E-state index contributed by atoms with van der Waals surface area (Å²) in [7, 11) is 1.39. The van der Waals surface area contributed by atoms with Crippen molar-refractivity contribution in [1.82, 2.24) is 0 Å². The fraction of sp³-hybridized carbons (Fsp3) is 0.333. The molecule has 132 valence electrons. The average molecular weight is 377 g/mol. The molecule has 0 fully saturated rings. The molecule has 1 aromatic heterocycles. The number of hydrogen-bond acceptors (Lipinski definition) is 5. The van der Waals surface area contributed by atoms with Crippen LogP contribution in [0.25, 0.3) is 0 Å². The number of benzene rings is 1. The van der Waals surface area contributed by atoms with E-state index in [-0.39, 0.29) is 11.7 Å². The summed E-state index contributed by atoms with van der Waals surface area (Å²) in [6, 6.07) is 6.70. The number of rotatable bonds is 3. The van der Waals surface area contributed by atoms with Gasteiger partial charge in [0.1, 0.15) is 10.8 Å². The second-order valence-electron chi connectivity index (χ2n) is 6.18. The molecule has 3 N–H and O–H groups in total. The first-order valence-corrected chi connectivity index (χ1v) is 9.30. The number of phenols is 1. The van der Waals surface area contributed by atoms with Gasteiger partial charge >= 0.3 is 5.97 Å². The van der Waals surface area contributed by atoms with Crippen LogP contribution in [0.3, 0.4) is 0 Å². The van der Waals surface area contributed by atoms with Gasteiger partial charge in [-0.3, -0.25) is 0 Å². The number of hydrogen-bond donors (Lipinski definition) is 3. The number of nitrogens with one attached hydrogen (secondary N) is 2. The molecule has 0 amide bonds. The molecule has 1 aliphatic rings. The third kappa shape index (κ3) is 3.93. The van der Waals surface area contributed by atoms with Crippen molar-refractivity contribution in [3.05, 3.63) is 40.3 Å². The molecule has 7 heteroatoms. The highest BCUT2D eigenvalue weighted by Crippen LogP contribution is 2.40. The minimum absolute atomic E-state index is 0.156. The number of esters is 1. The van der Waals surface area contributed by atoms with Crippen molar-refractivity contribution in [1.29, 1.82) is 0 Å². The molecule has 0 unspecified atom stereocenters. The number of thiocarbonyl (C=S) groups is 1. The highest BCUT2D eigenvalue weighted by Gasteiger charge is 2.28. The standard InChI is InChI=1S/C18H20N2O3S2/c1-10-6-7-13-14(8-10)25-16(15(13)17(22)23-2)20-18(24)19-11-4-3-5-12(21)9-11/h3-5,9-10,21H,6-8H2,1-2H3,(H2,19,20,24)/t10-/m1/s1. The quantitative estimate of drug-likeness (QED) is 0.552. The first-order chi connectivity index (χ1) is 12.0. The summed E-state index contributed by atoms with van der Waals surface area (Å²) in [4.78, 5) is 13.5. The highest BCUT2D eigenvalue weighted by atomic mass is 32.1. The normalized spacial score (nSPS) is 16.0.